The molecule has 25 heavy (non-hydrogen) atoms. The molecule has 1 unspecified atom stereocenters. The smallest absolute Gasteiger partial charge is 0.286 e. The predicted octanol–water partition coefficient (Wildman–Crippen LogP) is 2.49. The first-order valence-electron chi connectivity index (χ1n) is 8.35. The van der Waals surface area contributed by atoms with Gasteiger partial charge in [0, 0.05) is 13.2 Å². The topological polar surface area (TPSA) is 71.5 Å². The number of ether oxygens (including phenoxy) is 1. The van der Waals surface area contributed by atoms with Crippen molar-refractivity contribution in [2.75, 3.05) is 25.1 Å². The third-order valence-electron chi connectivity index (χ3n) is 3.71. The Labute approximate surface area is 152 Å². The third-order valence-corrected chi connectivity index (χ3v) is 4.57. The average Bonchev–Trinajstić information content (AvgIpc) is 2.88. The van der Waals surface area contributed by atoms with Gasteiger partial charge in [-0.3, -0.25) is 14.9 Å². The summed E-state index contributed by atoms with van der Waals surface area (Å²) in [5.74, 6) is 1.03. The van der Waals surface area contributed by atoms with Crippen LogP contribution < -0.4 is 15.0 Å². The van der Waals surface area contributed by atoms with Crippen LogP contribution in [0.25, 0.3) is 0 Å². The van der Waals surface area contributed by atoms with Gasteiger partial charge in [-0.2, -0.15) is 0 Å². The van der Waals surface area contributed by atoms with Crippen molar-refractivity contribution in [1.82, 2.24) is 10.3 Å². The maximum absolute atomic E-state index is 11.7. The zero-order valence-electron chi connectivity index (χ0n) is 14.8. The highest BCUT2D eigenvalue weighted by Crippen LogP contribution is 2.23. The standard InChI is InChI=1S/C18H19N3O3S/c1-21(16-4-2-3-9-19-16)10-11-24-14-7-5-13(6-8-14)12-15-17(22)20-18(23)25-15/h2-9,15H,10-12H2,1H3,(H,20,22,23)/i15D. The van der Waals surface area contributed by atoms with Crippen LogP contribution in [0.3, 0.4) is 0 Å². The van der Waals surface area contributed by atoms with Gasteiger partial charge in [-0.05, 0) is 36.2 Å². The molecule has 7 heteroatoms. The number of hydrogen-bond acceptors (Lipinski definition) is 6. The van der Waals surface area contributed by atoms with Crippen molar-refractivity contribution in [1.29, 1.82) is 0 Å². The molecule has 2 heterocycles. The average molecular weight is 358 g/mol. The van der Waals surface area contributed by atoms with E-state index in [1.54, 1.807) is 18.3 Å². The van der Waals surface area contributed by atoms with E-state index in [0.29, 0.717) is 30.7 Å². The second-order valence-electron chi connectivity index (χ2n) is 5.55. The van der Waals surface area contributed by atoms with Gasteiger partial charge >= 0.3 is 0 Å². The first-order chi connectivity index (χ1) is 12.5. The summed E-state index contributed by atoms with van der Waals surface area (Å²) in [6.45, 7) is 1.19. The molecule has 0 bridgehead atoms. The van der Waals surface area contributed by atoms with Crippen LogP contribution >= 0.6 is 11.8 Å². The molecule has 0 radical (unpaired) electrons. The number of hydrogen-bond donors (Lipinski definition) is 1. The molecule has 0 spiro atoms. The van der Waals surface area contributed by atoms with Crippen molar-refractivity contribution in [2.45, 2.75) is 11.6 Å². The molecule has 1 atom stereocenters. The lowest BCUT2D eigenvalue weighted by atomic mass is 10.1. The molecule has 130 valence electrons. The Morgan fingerprint density at radius 3 is 2.72 bits per heavy atom. The van der Waals surface area contributed by atoms with E-state index < -0.39 is 16.4 Å². The Hall–Kier alpha value is -2.54. The summed E-state index contributed by atoms with van der Waals surface area (Å²) in [6, 6.07) is 13.0. The zero-order valence-corrected chi connectivity index (χ0v) is 14.6. The van der Waals surface area contributed by atoms with Crippen LogP contribution in [0.5, 0.6) is 5.75 Å². The van der Waals surface area contributed by atoms with E-state index in [4.69, 9.17) is 6.11 Å². The Morgan fingerprint density at radius 1 is 1.28 bits per heavy atom. The Morgan fingerprint density at radius 2 is 2.08 bits per heavy atom. The highest BCUT2D eigenvalue weighted by molar-refractivity contribution is 8.15. The number of aromatic nitrogens is 1. The maximum atomic E-state index is 11.7. The Bertz CT molecular complexity index is 788. The second-order valence-corrected chi connectivity index (χ2v) is 6.61. The van der Waals surface area contributed by atoms with Crippen LogP contribution in [0.1, 0.15) is 6.93 Å². The highest BCUT2D eigenvalue weighted by Gasteiger charge is 2.31. The van der Waals surface area contributed by atoms with E-state index in [2.05, 4.69) is 10.3 Å². The molecule has 2 aromatic rings. The van der Waals surface area contributed by atoms with Crippen LogP contribution in [0.4, 0.5) is 10.6 Å². The fraction of sp³-hybridized carbons (Fsp3) is 0.278. The van der Waals surface area contributed by atoms with Crippen LogP contribution in [0.15, 0.2) is 48.7 Å². The largest absolute Gasteiger partial charge is 0.492 e. The summed E-state index contributed by atoms with van der Waals surface area (Å²) in [4.78, 5) is 29.3. The van der Waals surface area contributed by atoms with Gasteiger partial charge in [-0.1, -0.05) is 30.0 Å². The normalized spacial score (nSPS) is 20.1. The number of carbonyl (C=O) groups is 2. The van der Waals surface area contributed by atoms with Crippen LogP contribution in [-0.4, -0.2) is 41.6 Å². The quantitative estimate of drug-likeness (QED) is 0.820. The number of amides is 2. The van der Waals surface area contributed by atoms with Gasteiger partial charge < -0.3 is 9.64 Å². The van der Waals surface area contributed by atoms with E-state index in [1.165, 1.54) is 0 Å². The molecule has 1 aromatic carbocycles. The van der Waals surface area contributed by atoms with Crippen LogP contribution in [0, 0.1) is 0 Å². The van der Waals surface area contributed by atoms with Gasteiger partial charge in [0.1, 0.15) is 18.2 Å². The zero-order chi connectivity index (χ0) is 18.6. The lowest BCUT2D eigenvalue weighted by molar-refractivity contribution is -0.118. The summed E-state index contributed by atoms with van der Waals surface area (Å²) < 4.78 is 13.9. The molecular formula is C18H19N3O3S. The minimum Gasteiger partial charge on any atom is -0.492 e. The van der Waals surface area contributed by atoms with Crippen molar-refractivity contribution >= 4 is 28.7 Å². The Balaban J connectivity index is 1.50. The summed E-state index contributed by atoms with van der Waals surface area (Å²) in [5.41, 5.74) is 0.801. The lowest BCUT2D eigenvalue weighted by Gasteiger charge is -2.18. The molecule has 2 amide bonds. The van der Waals surface area contributed by atoms with Crippen molar-refractivity contribution in [2.24, 2.45) is 0 Å². The van der Waals surface area contributed by atoms with Crippen molar-refractivity contribution in [3.05, 3.63) is 54.2 Å². The lowest BCUT2D eigenvalue weighted by Crippen LogP contribution is -2.25. The van der Waals surface area contributed by atoms with Crippen molar-refractivity contribution in [3.63, 3.8) is 0 Å². The van der Waals surface area contributed by atoms with E-state index in [-0.39, 0.29) is 6.42 Å². The fourth-order valence-corrected chi connectivity index (χ4v) is 3.10. The highest BCUT2D eigenvalue weighted by atomic mass is 32.2. The number of likely N-dealkylation sites (N-methyl/N-ethyl adjacent to an activating group) is 1. The first kappa shape index (κ1) is 16.0. The maximum Gasteiger partial charge on any atom is 0.286 e. The van der Waals surface area contributed by atoms with E-state index in [9.17, 15) is 9.59 Å². The molecule has 1 saturated heterocycles. The van der Waals surface area contributed by atoms with E-state index >= 15 is 0 Å². The van der Waals surface area contributed by atoms with Gasteiger partial charge in [0.05, 0.1) is 13.1 Å². The molecule has 0 saturated carbocycles. The molecule has 0 aliphatic carbocycles. The first-order valence-corrected chi connectivity index (χ1v) is 8.66. The monoisotopic (exact) mass is 358 g/mol. The number of nitrogens with one attached hydrogen (secondary N) is 1. The molecule has 1 aliphatic heterocycles. The molecule has 6 nitrogen and oxygen atoms in total. The number of carbonyl (C=O) groups excluding carboxylic acids is 2. The molecule has 1 fully saturated rings. The molecule has 1 aliphatic rings. The van der Waals surface area contributed by atoms with E-state index in [0.717, 1.165) is 11.4 Å². The summed E-state index contributed by atoms with van der Waals surface area (Å²) in [5, 5.41) is 0.189. The summed E-state index contributed by atoms with van der Waals surface area (Å²) in [7, 11) is 1.95. The van der Waals surface area contributed by atoms with Gasteiger partial charge in [-0.25, -0.2) is 4.98 Å². The van der Waals surface area contributed by atoms with Gasteiger partial charge in [0.2, 0.25) is 5.91 Å². The number of imide groups is 1. The Kier molecular flexibility index (Phi) is 5.12. The minimum absolute atomic E-state index is 0.165. The number of rotatable bonds is 7. The SMILES string of the molecule is [2H]C1(Cc2ccc(OCCN(C)c3ccccn3)cc2)SC(=O)NC1=O. The van der Waals surface area contributed by atoms with Crippen molar-refractivity contribution < 1.29 is 15.7 Å². The summed E-state index contributed by atoms with van der Waals surface area (Å²) >= 11 is 0.714. The summed E-state index contributed by atoms with van der Waals surface area (Å²) in [6.07, 6.45) is 1.92. The molecule has 1 aromatic heterocycles. The minimum atomic E-state index is -1.50. The molecular weight excluding hydrogens is 338 g/mol. The number of nitrogens with zero attached hydrogens (tertiary/aromatic N) is 2. The van der Waals surface area contributed by atoms with Gasteiger partial charge in [0.25, 0.3) is 5.24 Å². The number of benzene rings is 1. The molecule has 1 N–H and O–H groups in total. The van der Waals surface area contributed by atoms with Crippen LogP contribution in [-0.2, 0) is 11.2 Å². The number of thioether (sulfide) groups is 1. The second kappa shape index (κ2) is 8.02. The number of pyridine rings is 1. The third kappa shape index (κ3) is 4.73. The van der Waals surface area contributed by atoms with Gasteiger partial charge in [-0.15, -0.1) is 0 Å². The predicted molar refractivity (Wildman–Crippen MR) is 98.1 cm³/mol. The molecule has 3 rings (SSSR count). The van der Waals surface area contributed by atoms with Crippen molar-refractivity contribution in [3.8, 4) is 5.75 Å². The van der Waals surface area contributed by atoms with Crippen LogP contribution in [0.2, 0.25) is 0 Å². The van der Waals surface area contributed by atoms with Gasteiger partial charge in [0.15, 0.2) is 0 Å². The van der Waals surface area contributed by atoms with E-state index in [1.807, 2.05) is 42.3 Å². The number of anilines is 1. The fourth-order valence-electron chi connectivity index (χ4n) is 2.35.